The van der Waals surface area contributed by atoms with Gasteiger partial charge in [0, 0.05) is 22.8 Å². The Labute approximate surface area is 136 Å². The van der Waals surface area contributed by atoms with Crippen LogP contribution in [-0.2, 0) is 6.54 Å². The van der Waals surface area contributed by atoms with Crippen molar-refractivity contribution in [2.24, 2.45) is 0 Å². The van der Waals surface area contributed by atoms with Crippen molar-refractivity contribution in [1.82, 2.24) is 0 Å². The lowest BCUT2D eigenvalue weighted by Crippen LogP contribution is -2.21. The first kappa shape index (κ1) is 17.4. The smallest absolute Gasteiger partial charge is 0.418 e. The highest BCUT2D eigenvalue weighted by Gasteiger charge is 2.40. The number of hydrogen-bond acceptors (Lipinski definition) is 3. The Morgan fingerprint density at radius 2 is 1.83 bits per heavy atom. The fraction of sp³-hybridized carbons (Fsp3) is 0.250. The zero-order chi connectivity index (χ0) is 17.0. The number of anilines is 1. The summed E-state index contributed by atoms with van der Waals surface area (Å²) in [7, 11) is 1.55. The minimum atomic E-state index is -4.76. The molecule has 23 heavy (non-hydrogen) atoms. The molecule has 0 fully saturated rings. The van der Waals surface area contributed by atoms with Gasteiger partial charge in [0.1, 0.15) is 5.75 Å². The second-order valence-corrected chi connectivity index (χ2v) is 5.31. The zero-order valence-corrected chi connectivity index (χ0v) is 12.9. The van der Waals surface area contributed by atoms with E-state index in [1.54, 1.807) is 31.4 Å². The maximum Gasteiger partial charge on any atom is 0.418 e. The van der Waals surface area contributed by atoms with E-state index < -0.39 is 12.3 Å². The number of ether oxygens (including phenoxy) is 1. The van der Waals surface area contributed by atoms with Gasteiger partial charge in [-0.2, -0.15) is 13.2 Å². The van der Waals surface area contributed by atoms with Crippen LogP contribution in [0.3, 0.4) is 0 Å². The summed E-state index contributed by atoms with van der Waals surface area (Å²) >= 11 is 5.74. The van der Waals surface area contributed by atoms with E-state index >= 15 is 0 Å². The molecule has 0 aliphatic heterocycles. The van der Waals surface area contributed by atoms with Gasteiger partial charge in [0.05, 0.1) is 7.11 Å². The van der Waals surface area contributed by atoms with Crippen molar-refractivity contribution in [2.45, 2.75) is 18.8 Å². The predicted molar refractivity (Wildman–Crippen MR) is 82.8 cm³/mol. The monoisotopic (exact) mass is 345 g/mol. The highest BCUT2D eigenvalue weighted by atomic mass is 35.5. The fourth-order valence-electron chi connectivity index (χ4n) is 2.04. The average Bonchev–Trinajstić information content (AvgIpc) is 2.52. The highest BCUT2D eigenvalue weighted by molar-refractivity contribution is 6.30. The predicted octanol–water partition coefficient (Wildman–Crippen LogP) is 4.56. The Hall–Kier alpha value is -1.92. The van der Waals surface area contributed by atoms with Crippen LogP contribution in [0.5, 0.6) is 5.75 Å². The number of rotatable bonds is 5. The second kappa shape index (κ2) is 7.10. The minimum absolute atomic E-state index is 0.123. The molecule has 0 bridgehead atoms. The normalized spacial score (nSPS) is 12.8. The number of hydrogen-bond donors (Lipinski definition) is 2. The lowest BCUT2D eigenvalue weighted by atomic mass is 10.1. The van der Waals surface area contributed by atoms with E-state index in [0.717, 1.165) is 11.6 Å². The van der Waals surface area contributed by atoms with Crippen LogP contribution in [-0.4, -0.2) is 18.4 Å². The summed E-state index contributed by atoms with van der Waals surface area (Å²) in [6.45, 7) is 0.295. The first-order valence-electron chi connectivity index (χ1n) is 6.72. The van der Waals surface area contributed by atoms with E-state index in [4.69, 9.17) is 16.3 Å². The molecular formula is C16H15ClF3NO2. The Balaban J connectivity index is 2.18. The molecule has 7 heteroatoms. The summed E-state index contributed by atoms with van der Waals surface area (Å²) in [5.74, 6) is 0.688. The third kappa shape index (κ3) is 4.53. The topological polar surface area (TPSA) is 41.5 Å². The fourth-order valence-corrected chi connectivity index (χ4v) is 2.22. The van der Waals surface area contributed by atoms with Crippen molar-refractivity contribution in [3.05, 3.63) is 58.6 Å². The summed E-state index contributed by atoms with van der Waals surface area (Å²) in [6, 6.07) is 11.1. The van der Waals surface area contributed by atoms with Gasteiger partial charge < -0.3 is 15.2 Å². The molecule has 1 atom stereocenters. The van der Waals surface area contributed by atoms with Crippen LogP contribution in [0.4, 0.5) is 18.9 Å². The van der Waals surface area contributed by atoms with Crippen molar-refractivity contribution in [2.75, 3.05) is 12.4 Å². The van der Waals surface area contributed by atoms with Crippen LogP contribution in [0.15, 0.2) is 42.5 Å². The van der Waals surface area contributed by atoms with Crippen LogP contribution >= 0.6 is 11.6 Å². The Bertz CT molecular complexity index is 659. The van der Waals surface area contributed by atoms with Crippen molar-refractivity contribution in [1.29, 1.82) is 0 Å². The molecule has 2 aromatic rings. The van der Waals surface area contributed by atoms with E-state index in [2.05, 4.69) is 5.32 Å². The van der Waals surface area contributed by atoms with Crippen LogP contribution in [0, 0.1) is 0 Å². The standard InChI is InChI=1S/C16H15ClF3NO2/c1-23-12-5-2-10(3-6-12)9-21-14-7-4-11(17)8-13(14)15(22)16(18,19)20/h2-8,15,21-22H,9H2,1H3. The number of aliphatic hydroxyl groups excluding tert-OH is 1. The largest absolute Gasteiger partial charge is 0.497 e. The summed E-state index contributed by atoms with van der Waals surface area (Å²) in [6.07, 6.45) is -7.36. The molecule has 124 valence electrons. The molecule has 0 heterocycles. The summed E-state index contributed by atoms with van der Waals surface area (Å²) < 4.78 is 43.3. The minimum Gasteiger partial charge on any atom is -0.497 e. The Morgan fingerprint density at radius 1 is 1.17 bits per heavy atom. The molecule has 0 aromatic heterocycles. The quantitative estimate of drug-likeness (QED) is 0.835. The molecule has 2 aromatic carbocycles. The summed E-state index contributed by atoms with van der Waals surface area (Å²) in [5.41, 5.74) is 0.724. The molecule has 3 nitrogen and oxygen atoms in total. The van der Waals surface area contributed by atoms with Crippen LogP contribution in [0.25, 0.3) is 0 Å². The molecule has 0 saturated heterocycles. The molecule has 0 radical (unpaired) electrons. The van der Waals surface area contributed by atoms with Crippen molar-refractivity contribution in [3.8, 4) is 5.75 Å². The lowest BCUT2D eigenvalue weighted by Gasteiger charge is -2.19. The second-order valence-electron chi connectivity index (χ2n) is 4.88. The van der Waals surface area contributed by atoms with Crippen LogP contribution < -0.4 is 10.1 Å². The number of halogens is 4. The van der Waals surface area contributed by atoms with Gasteiger partial charge in [-0.05, 0) is 35.9 Å². The summed E-state index contributed by atoms with van der Waals surface area (Å²) in [5, 5.41) is 12.5. The molecule has 2 rings (SSSR count). The third-order valence-electron chi connectivity index (χ3n) is 3.26. The highest BCUT2D eigenvalue weighted by Crippen LogP contribution is 2.37. The van der Waals surface area contributed by atoms with Gasteiger partial charge in [0.2, 0.25) is 0 Å². The molecule has 0 aliphatic carbocycles. The zero-order valence-electron chi connectivity index (χ0n) is 12.2. The average molecular weight is 346 g/mol. The Kier molecular flexibility index (Phi) is 5.38. The molecule has 2 N–H and O–H groups in total. The van der Waals surface area contributed by atoms with Gasteiger partial charge in [-0.3, -0.25) is 0 Å². The maximum atomic E-state index is 12.8. The first-order valence-corrected chi connectivity index (χ1v) is 7.10. The first-order chi connectivity index (χ1) is 10.8. The van der Waals surface area contributed by atoms with Crippen molar-refractivity contribution >= 4 is 17.3 Å². The van der Waals surface area contributed by atoms with Gasteiger partial charge in [-0.25, -0.2) is 0 Å². The van der Waals surface area contributed by atoms with Gasteiger partial charge in [0.15, 0.2) is 6.10 Å². The number of aliphatic hydroxyl groups is 1. The Morgan fingerprint density at radius 3 is 2.39 bits per heavy atom. The number of nitrogens with one attached hydrogen (secondary N) is 1. The molecular weight excluding hydrogens is 331 g/mol. The van der Waals surface area contributed by atoms with Gasteiger partial charge in [0.25, 0.3) is 0 Å². The number of benzene rings is 2. The van der Waals surface area contributed by atoms with E-state index in [0.29, 0.717) is 12.3 Å². The molecule has 0 spiro atoms. The molecule has 0 amide bonds. The van der Waals surface area contributed by atoms with Gasteiger partial charge in [-0.15, -0.1) is 0 Å². The number of alkyl halides is 3. The van der Waals surface area contributed by atoms with E-state index in [1.807, 2.05) is 0 Å². The molecule has 0 aliphatic rings. The maximum absolute atomic E-state index is 12.8. The SMILES string of the molecule is COc1ccc(CNc2ccc(Cl)cc2C(O)C(F)(F)F)cc1. The number of methoxy groups -OCH3 is 1. The molecule has 1 unspecified atom stereocenters. The van der Waals surface area contributed by atoms with E-state index in [-0.39, 0.29) is 16.3 Å². The lowest BCUT2D eigenvalue weighted by molar-refractivity contribution is -0.206. The molecule has 0 saturated carbocycles. The third-order valence-corrected chi connectivity index (χ3v) is 3.50. The van der Waals surface area contributed by atoms with Gasteiger partial charge in [-0.1, -0.05) is 23.7 Å². The van der Waals surface area contributed by atoms with Crippen LogP contribution in [0.1, 0.15) is 17.2 Å². The summed E-state index contributed by atoms with van der Waals surface area (Å²) in [4.78, 5) is 0. The van der Waals surface area contributed by atoms with E-state index in [9.17, 15) is 18.3 Å². The van der Waals surface area contributed by atoms with Gasteiger partial charge >= 0.3 is 6.18 Å². The van der Waals surface area contributed by atoms with Crippen molar-refractivity contribution in [3.63, 3.8) is 0 Å². The van der Waals surface area contributed by atoms with Crippen LogP contribution in [0.2, 0.25) is 5.02 Å². The van der Waals surface area contributed by atoms with E-state index in [1.165, 1.54) is 12.1 Å². The van der Waals surface area contributed by atoms with Crippen molar-refractivity contribution < 1.29 is 23.0 Å².